The molecular weight excluding hydrogens is 212 g/mol. The fraction of sp³-hybridized carbons (Fsp3) is 0.857. The van der Waals surface area contributed by atoms with E-state index in [0.29, 0.717) is 11.2 Å². The molecule has 0 amide bonds. The first kappa shape index (κ1) is 10.9. The van der Waals surface area contributed by atoms with Gasteiger partial charge in [0, 0.05) is 4.83 Å². The second-order valence-corrected chi connectivity index (χ2v) is 4.17. The van der Waals surface area contributed by atoms with Gasteiger partial charge in [-0.25, -0.2) is 0 Å². The summed E-state index contributed by atoms with van der Waals surface area (Å²) in [5.41, 5.74) is 0. The van der Waals surface area contributed by atoms with Crippen molar-refractivity contribution in [2.24, 2.45) is 0 Å². The molecule has 0 aliphatic rings. The Balaban J connectivity index is 3.37. The first-order valence-electron chi connectivity index (χ1n) is 3.56. The van der Waals surface area contributed by atoms with Gasteiger partial charge in [-0.2, -0.15) is 0 Å². The van der Waals surface area contributed by atoms with Crippen molar-refractivity contribution in [2.45, 2.75) is 37.1 Å². The van der Waals surface area contributed by atoms with Crippen molar-refractivity contribution in [1.82, 2.24) is 0 Å². The molecule has 66 valence electrons. The average molecular weight is 225 g/mol. The minimum atomic E-state index is -0.945. The Hall–Kier alpha value is -0.0900. The molecule has 0 saturated carbocycles. The summed E-state index contributed by atoms with van der Waals surface area (Å²) < 4.78 is 0. The highest BCUT2D eigenvalue weighted by atomic mass is 79.9. The molecule has 0 aromatic heterocycles. The van der Waals surface area contributed by atoms with Gasteiger partial charge in [0.1, 0.15) is 0 Å². The lowest BCUT2D eigenvalue weighted by molar-refractivity contribution is -0.139. The SMILES string of the molecule is CC(Br)CCC(O)CC(=O)O. The Morgan fingerprint density at radius 2 is 2.09 bits per heavy atom. The highest BCUT2D eigenvalue weighted by Crippen LogP contribution is 2.10. The Kier molecular flexibility index (Phi) is 5.50. The fourth-order valence-corrected chi connectivity index (χ4v) is 0.990. The number of hydrogen-bond acceptors (Lipinski definition) is 2. The van der Waals surface area contributed by atoms with Gasteiger partial charge < -0.3 is 10.2 Å². The molecule has 0 saturated heterocycles. The third-order valence-corrected chi connectivity index (χ3v) is 1.77. The van der Waals surface area contributed by atoms with E-state index in [-0.39, 0.29) is 6.42 Å². The third-order valence-electron chi connectivity index (χ3n) is 1.31. The molecule has 0 rings (SSSR count). The fourth-order valence-electron chi connectivity index (χ4n) is 0.726. The van der Waals surface area contributed by atoms with E-state index in [2.05, 4.69) is 15.9 Å². The third kappa shape index (κ3) is 7.81. The second kappa shape index (κ2) is 5.55. The maximum absolute atomic E-state index is 10.1. The maximum atomic E-state index is 10.1. The molecule has 2 atom stereocenters. The lowest BCUT2D eigenvalue weighted by atomic mass is 10.1. The highest BCUT2D eigenvalue weighted by molar-refractivity contribution is 9.09. The Labute approximate surface area is 74.5 Å². The molecule has 4 heteroatoms. The number of rotatable bonds is 5. The number of carbonyl (C=O) groups is 1. The van der Waals surface area contributed by atoms with E-state index in [1.54, 1.807) is 0 Å². The molecule has 0 bridgehead atoms. The molecule has 11 heavy (non-hydrogen) atoms. The number of halogens is 1. The Bertz CT molecular complexity index is 125. The minimum absolute atomic E-state index is 0.153. The number of hydrogen-bond donors (Lipinski definition) is 2. The lowest BCUT2D eigenvalue weighted by Gasteiger charge is -2.07. The molecule has 0 aliphatic carbocycles. The zero-order valence-corrected chi connectivity index (χ0v) is 8.04. The smallest absolute Gasteiger partial charge is 0.305 e. The van der Waals surface area contributed by atoms with Gasteiger partial charge in [0.25, 0.3) is 0 Å². The van der Waals surface area contributed by atoms with Gasteiger partial charge in [-0.05, 0) is 12.8 Å². The molecule has 0 radical (unpaired) electrons. The summed E-state index contributed by atoms with van der Waals surface area (Å²) in [6.07, 6.45) is 0.486. The molecule has 0 fully saturated rings. The van der Waals surface area contributed by atoms with Crippen LogP contribution in [0.15, 0.2) is 0 Å². The van der Waals surface area contributed by atoms with Gasteiger partial charge in [-0.1, -0.05) is 22.9 Å². The summed E-state index contributed by atoms with van der Waals surface area (Å²) in [5.74, 6) is -0.945. The van der Waals surface area contributed by atoms with Crippen LogP contribution in [0.25, 0.3) is 0 Å². The van der Waals surface area contributed by atoms with Crippen molar-refractivity contribution in [3.63, 3.8) is 0 Å². The van der Waals surface area contributed by atoms with E-state index >= 15 is 0 Å². The zero-order chi connectivity index (χ0) is 8.85. The summed E-state index contributed by atoms with van der Waals surface area (Å²) in [5, 5.41) is 17.3. The van der Waals surface area contributed by atoms with Crippen LogP contribution in [-0.4, -0.2) is 27.1 Å². The van der Waals surface area contributed by atoms with E-state index in [1.807, 2.05) is 6.92 Å². The summed E-state index contributed by atoms with van der Waals surface area (Å²) in [6, 6.07) is 0. The largest absolute Gasteiger partial charge is 0.481 e. The summed E-state index contributed by atoms with van der Waals surface area (Å²) in [4.78, 5) is 10.4. The van der Waals surface area contributed by atoms with Crippen molar-refractivity contribution in [3.8, 4) is 0 Å². The van der Waals surface area contributed by atoms with Gasteiger partial charge in [0.2, 0.25) is 0 Å². The summed E-state index contributed by atoms with van der Waals surface area (Å²) >= 11 is 3.31. The molecule has 0 heterocycles. The van der Waals surface area contributed by atoms with Crippen molar-refractivity contribution < 1.29 is 15.0 Å². The van der Waals surface area contributed by atoms with Crippen molar-refractivity contribution in [2.75, 3.05) is 0 Å². The van der Waals surface area contributed by atoms with E-state index in [4.69, 9.17) is 10.2 Å². The second-order valence-electron chi connectivity index (χ2n) is 2.61. The van der Waals surface area contributed by atoms with Crippen LogP contribution >= 0.6 is 15.9 Å². The van der Waals surface area contributed by atoms with E-state index in [0.717, 1.165) is 6.42 Å². The monoisotopic (exact) mass is 224 g/mol. The quantitative estimate of drug-likeness (QED) is 0.695. The Morgan fingerprint density at radius 1 is 1.55 bits per heavy atom. The molecule has 3 nitrogen and oxygen atoms in total. The van der Waals surface area contributed by atoms with Gasteiger partial charge >= 0.3 is 5.97 Å². The highest BCUT2D eigenvalue weighted by Gasteiger charge is 2.09. The maximum Gasteiger partial charge on any atom is 0.305 e. The van der Waals surface area contributed by atoms with Crippen molar-refractivity contribution >= 4 is 21.9 Å². The van der Waals surface area contributed by atoms with Gasteiger partial charge in [-0.3, -0.25) is 4.79 Å². The number of aliphatic hydroxyl groups excluding tert-OH is 1. The number of carboxylic acids is 1. The minimum Gasteiger partial charge on any atom is -0.481 e. The van der Waals surface area contributed by atoms with Gasteiger partial charge in [0.05, 0.1) is 12.5 Å². The lowest BCUT2D eigenvalue weighted by Crippen LogP contribution is -2.13. The van der Waals surface area contributed by atoms with Crippen molar-refractivity contribution in [3.05, 3.63) is 0 Å². The van der Waals surface area contributed by atoms with E-state index in [1.165, 1.54) is 0 Å². The standard InChI is InChI=1S/C7H13BrO3/c1-5(8)2-3-6(9)4-7(10)11/h5-6,9H,2-4H2,1H3,(H,10,11). The van der Waals surface area contributed by atoms with Crippen LogP contribution in [0.1, 0.15) is 26.2 Å². The van der Waals surface area contributed by atoms with Crippen LogP contribution in [0, 0.1) is 0 Å². The van der Waals surface area contributed by atoms with Crippen LogP contribution in [0.3, 0.4) is 0 Å². The van der Waals surface area contributed by atoms with Crippen LogP contribution in [0.4, 0.5) is 0 Å². The predicted molar refractivity (Wildman–Crippen MR) is 45.9 cm³/mol. The van der Waals surface area contributed by atoms with Gasteiger partial charge in [-0.15, -0.1) is 0 Å². The van der Waals surface area contributed by atoms with Crippen LogP contribution < -0.4 is 0 Å². The number of aliphatic hydroxyl groups is 1. The van der Waals surface area contributed by atoms with E-state index < -0.39 is 12.1 Å². The molecular formula is C7H13BrO3. The average Bonchev–Trinajstić information content (AvgIpc) is 1.82. The van der Waals surface area contributed by atoms with Crippen LogP contribution in [0.2, 0.25) is 0 Å². The number of aliphatic carboxylic acids is 1. The Morgan fingerprint density at radius 3 is 2.45 bits per heavy atom. The first-order valence-corrected chi connectivity index (χ1v) is 4.48. The van der Waals surface area contributed by atoms with Crippen LogP contribution in [0.5, 0.6) is 0 Å². The van der Waals surface area contributed by atoms with Gasteiger partial charge in [0.15, 0.2) is 0 Å². The normalized spacial score (nSPS) is 15.9. The number of alkyl halides is 1. The molecule has 2 unspecified atom stereocenters. The topological polar surface area (TPSA) is 57.5 Å². The molecule has 0 aliphatic heterocycles. The molecule has 0 aromatic carbocycles. The zero-order valence-electron chi connectivity index (χ0n) is 6.46. The molecule has 0 aromatic rings. The van der Waals surface area contributed by atoms with Crippen LogP contribution in [-0.2, 0) is 4.79 Å². The predicted octanol–water partition coefficient (Wildman–Crippen LogP) is 1.39. The number of carboxylic acid groups (broad SMARTS) is 1. The first-order chi connectivity index (χ1) is 5.02. The summed E-state index contributed by atoms with van der Waals surface area (Å²) in [7, 11) is 0. The van der Waals surface area contributed by atoms with Crippen molar-refractivity contribution in [1.29, 1.82) is 0 Å². The van der Waals surface area contributed by atoms with E-state index in [9.17, 15) is 4.79 Å². The molecule has 2 N–H and O–H groups in total. The molecule has 0 spiro atoms. The summed E-state index contributed by atoms with van der Waals surface area (Å²) in [6.45, 7) is 1.97.